The van der Waals surface area contributed by atoms with Crippen molar-refractivity contribution in [3.8, 4) is 17.9 Å². The summed E-state index contributed by atoms with van der Waals surface area (Å²) < 4.78 is 5.03. The summed E-state index contributed by atoms with van der Waals surface area (Å²) in [5.74, 6) is -1.12. The second-order valence-electron chi connectivity index (χ2n) is 4.22. The molecule has 0 saturated heterocycles. The highest BCUT2D eigenvalue weighted by Gasteiger charge is 2.70. The topological polar surface area (TPSA) is 99.9 Å². The molecule has 1 aromatic carbocycles. The number of nitrogens with two attached hydrogens (primary N) is 1. The normalized spacial score (nSPS) is 23.5. The predicted molar refractivity (Wildman–Crippen MR) is 62.1 cm³/mol. The second kappa shape index (κ2) is 4.05. The quantitative estimate of drug-likeness (QED) is 0.850. The van der Waals surface area contributed by atoms with Crippen LogP contribution in [0.1, 0.15) is 11.5 Å². The molecule has 1 saturated carbocycles. The number of methoxy groups -OCH3 is 1. The van der Waals surface area contributed by atoms with Crippen LogP contribution in [0.25, 0.3) is 0 Å². The van der Waals surface area contributed by atoms with Gasteiger partial charge >= 0.3 is 0 Å². The fraction of sp³-hybridized carbons (Fsp3) is 0.308. The van der Waals surface area contributed by atoms with E-state index in [0.29, 0.717) is 5.75 Å². The van der Waals surface area contributed by atoms with Crippen LogP contribution in [0.4, 0.5) is 0 Å². The number of hydrogen-bond acceptors (Lipinski definition) is 4. The van der Waals surface area contributed by atoms with Crippen molar-refractivity contribution in [2.24, 2.45) is 17.1 Å². The Morgan fingerprint density at radius 3 is 2.22 bits per heavy atom. The summed E-state index contributed by atoms with van der Waals surface area (Å²) in [4.78, 5) is 11.3. The third kappa shape index (κ3) is 1.49. The zero-order valence-corrected chi connectivity index (χ0v) is 9.75. The summed E-state index contributed by atoms with van der Waals surface area (Å²) in [6.07, 6.45) is 0. The van der Waals surface area contributed by atoms with Gasteiger partial charge in [0.25, 0.3) is 0 Å². The Hall–Kier alpha value is -2.53. The molecule has 5 heteroatoms. The molecule has 0 bridgehead atoms. The highest BCUT2D eigenvalue weighted by molar-refractivity contribution is 5.85. The first kappa shape index (κ1) is 11.9. The lowest BCUT2D eigenvalue weighted by Gasteiger charge is -2.02. The molecule has 2 atom stereocenters. The van der Waals surface area contributed by atoms with Gasteiger partial charge in [-0.1, -0.05) is 12.1 Å². The molecule has 2 N–H and O–H groups in total. The van der Waals surface area contributed by atoms with Gasteiger partial charge in [-0.3, -0.25) is 4.79 Å². The monoisotopic (exact) mass is 241 g/mol. The largest absolute Gasteiger partial charge is 0.497 e. The number of rotatable bonds is 3. The van der Waals surface area contributed by atoms with Gasteiger partial charge in [-0.25, -0.2) is 0 Å². The highest BCUT2D eigenvalue weighted by Crippen LogP contribution is 2.64. The van der Waals surface area contributed by atoms with E-state index in [1.165, 1.54) is 0 Å². The van der Waals surface area contributed by atoms with E-state index in [-0.39, 0.29) is 0 Å². The van der Waals surface area contributed by atoms with Crippen molar-refractivity contribution in [2.75, 3.05) is 7.11 Å². The third-order valence-electron chi connectivity index (χ3n) is 3.36. The van der Waals surface area contributed by atoms with E-state index in [1.54, 1.807) is 31.4 Å². The minimum Gasteiger partial charge on any atom is -0.497 e. The average Bonchev–Trinajstić information content (AvgIpc) is 3.08. The van der Waals surface area contributed by atoms with E-state index in [2.05, 4.69) is 0 Å². The Labute approximate surface area is 104 Å². The molecule has 0 spiro atoms. The number of primary amides is 1. The molecule has 90 valence electrons. The average molecular weight is 241 g/mol. The molecule has 1 aliphatic rings. The first-order valence-corrected chi connectivity index (χ1v) is 5.36. The van der Waals surface area contributed by atoms with Gasteiger partial charge in [0.05, 0.1) is 25.2 Å². The number of hydrogen-bond donors (Lipinski definition) is 1. The van der Waals surface area contributed by atoms with Crippen LogP contribution in [0.15, 0.2) is 24.3 Å². The lowest BCUT2D eigenvalue weighted by Crippen LogP contribution is -2.17. The summed E-state index contributed by atoms with van der Waals surface area (Å²) in [6, 6.07) is 10.8. The van der Waals surface area contributed by atoms with E-state index < -0.39 is 23.2 Å². The van der Waals surface area contributed by atoms with Gasteiger partial charge in [-0.15, -0.1) is 0 Å². The minimum atomic E-state index is -1.32. The fourth-order valence-corrected chi connectivity index (χ4v) is 2.35. The first-order valence-electron chi connectivity index (χ1n) is 5.36. The molecular formula is C13H11N3O2. The zero-order chi connectivity index (χ0) is 13.3. The van der Waals surface area contributed by atoms with Crippen LogP contribution in [-0.4, -0.2) is 13.0 Å². The van der Waals surface area contributed by atoms with Crippen LogP contribution >= 0.6 is 0 Å². The van der Waals surface area contributed by atoms with E-state index in [0.717, 1.165) is 5.56 Å². The maximum Gasteiger partial charge on any atom is 0.223 e. The molecule has 0 aromatic heterocycles. The molecule has 0 radical (unpaired) electrons. The van der Waals surface area contributed by atoms with Gasteiger partial charge in [0.1, 0.15) is 5.75 Å². The molecule has 1 aliphatic carbocycles. The maximum atomic E-state index is 11.3. The van der Waals surface area contributed by atoms with Crippen LogP contribution in [0.3, 0.4) is 0 Å². The summed E-state index contributed by atoms with van der Waals surface area (Å²) in [5, 5.41) is 18.2. The van der Waals surface area contributed by atoms with Crippen LogP contribution in [-0.2, 0) is 4.79 Å². The van der Waals surface area contributed by atoms with Crippen LogP contribution < -0.4 is 10.5 Å². The number of nitrogens with zero attached hydrogens (tertiary/aromatic N) is 2. The molecule has 2 rings (SSSR count). The van der Waals surface area contributed by atoms with E-state index in [1.807, 2.05) is 12.1 Å². The van der Waals surface area contributed by atoms with Crippen LogP contribution in [0.5, 0.6) is 5.75 Å². The Kier molecular flexibility index (Phi) is 2.68. The Morgan fingerprint density at radius 2 is 1.89 bits per heavy atom. The SMILES string of the molecule is COc1ccc(C2C(C(N)=O)C2(C#N)C#N)cc1. The minimum absolute atomic E-state index is 0.448. The number of amides is 1. The fourth-order valence-electron chi connectivity index (χ4n) is 2.35. The summed E-state index contributed by atoms with van der Waals surface area (Å²) in [5.41, 5.74) is 4.68. The number of carbonyl (C=O) groups is 1. The molecular weight excluding hydrogens is 230 g/mol. The summed E-state index contributed by atoms with van der Waals surface area (Å²) >= 11 is 0. The second-order valence-corrected chi connectivity index (χ2v) is 4.22. The lowest BCUT2D eigenvalue weighted by molar-refractivity contribution is -0.119. The molecule has 2 unspecified atom stereocenters. The standard InChI is InChI=1S/C13H11N3O2/c1-18-9-4-2-8(3-5-9)10-11(12(16)17)13(10,6-14)7-15/h2-5,10-11H,1H3,(H2,16,17). The Balaban J connectivity index is 2.37. The zero-order valence-electron chi connectivity index (χ0n) is 9.75. The van der Waals surface area contributed by atoms with Crippen molar-refractivity contribution < 1.29 is 9.53 Å². The smallest absolute Gasteiger partial charge is 0.223 e. The summed E-state index contributed by atoms with van der Waals surface area (Å²) in [7, 11) is 1.55. The van der Waals surface area contributed by atoms with E-state index in [4.69, 9.17) is 21.0 Å². The Bertz CT molecular complexity index is 551. The van der Waals surface area contributed by atoms with Gasteiger partial charge in [0, 0.05) is 5.92 Å². The molecule has 0 aliphatic heterocycles. The van der Waals surface area contributed by atoms with E-state index >= 15 is 0 Å². The number of carbonyl (C=O) groups excluding carboxylic acids is 1. The molecule has 0 heterocycles. The number of benzene rings is 1. The molecule has 18 heavy (non-hydrogen) atoms. The van der Waals surface area contributed by atoms with Gasteiger partial charge in [-0.05, 0) is 17.7 Å². The van der Waals surface area contributed by atoms with Crippen molar-refractivity contribution in [1.29, 1.82) is 10.5 Å². The van der Waals surface area contributed by atoms with Gasteiger partial charge < -0.3 is 10.5 Å². The number of ether oxygens (including phenoxy) is 1. The third-order valence-corrected chi connectivity index (χ3v) is 3.36. The molecule has 1 fully saturated rings. The lowest BCUT2D eigenvalue weighted by atomic mass is 10.0. The number of nitriles is 2. The van der Waals surface area contributed by atoms with Crippen LogP contribution in [0, 0.1) is 34.0 Å². The first-order chi connectivity index (χ1) is 8.60. The van der Waals surface area contributed by atoms with Crippen molar-refractivity contribution in [3.63, 3.8) is 0 Å². The summed E-state index contributed by atoms with van der Waals surface area (Å²) in [6.45, 7) is 0. The molecule has 1 aromatic rings. The van der Waals surface area contributed by atoms with Crippen molar-refractivity contribution in [3.05, 3.63) is 29.8 Å². The van der Waals surface area contributed by atoms with Crippen molar-refractivity contribution in [1.82, 2.24) is 0 Å². The maximum absolute atomic E-state index is 11.3. The van der Waals surface area contributed by atoms with Crippen molar-refractivity contribution >= 4 is 5.91 Å². The van der Waals surface area contributed by atoms with Crippen molar-refractivity contribution in [2.45, 2.75) is 5.92 Å². The van der Waals surface area contributed by atoms with Gasteiger partial charge in [0.2, 0.25) is 5.91 Å². The highest BCUT2D eigenvalue weighted by atomic mass is 16.5. The molecule has 1 amide bonds. The van der Waals surface area contributed by atoms with Gasteiger partial charge in [0.15, 0.2) is 5.41 Å². The molecule has 5 nitrogen and oxygen atoms in total. The predicted octanol–water partition coefficient (Wildman–Crippen LogP) is 0.927. The Morgan fingerprint density at radius 1 is 1.33 bits per heavy atom. The van der Waals surface area contributed by atoms with Crippen LogP contribution in [0.2, 0.25) is 0 Å². The van der Waals surface area contributed by atoms with Gasteiger partial charge in [-0.2, -0.15) is 10.5 Å². The van der Waals surface area contributed by atoms with E-state index in [9.17, 15) is 4.79 Å².